The van der Waals surface area contributed by atoms with E-state index in [1.165, 1.54) is 0 Å². The number of rotatable bonds is 0. The van der Waals surface area contributed by atoms with Gasteiger partial charge in [-0.3, -0.25) is 4.98 Å². The van der Waals surface area contributed by atoms with Crippen molar-refractivity contribution in [1.82, 2.24) is 4.98 Å². The van der Waals surface area contributed by atoms with Crippen LogP contribution in [0.2, 0.25) is 0 Å². The summed E-state index contributed by atoms with van der Waals surface area (Å²) in [6, 6.07) is 5.87. The zero-order valence-corrected chi connectivity index (χ0v) is 10.9. The molecule has 14 heavy (non-hydrogen) atoms. The fraction of sp³-hybridized carbons (Fsp3) is 0.100. The van der Waals surface area contributed by atoms with Gasteiger partial charge in [0.15, 0.2) is 0 Å². The van der Waals surface area contributed by atoms with E-state index in [0.717, 1.165) is 26.6 Å². The van der Waals surface area contributed by atoms with E-state index in [-0.39, 0.29) is 17.0 Å². The molecule has 2 nitrogen and oxygen atoms in total. The van der Waals surface area contributed by atoms with E-state index < -0.39 is 0 Å². The summed E-state index contributed by atoms with van der Waals surface area (Å²) < 4.78 is 0.995. The number of aromatic nitrogens is 1. The Labute approximate surface area is 101 Å². The van der Waals surface area contributed by atoms with E-state index in [4.69, 9.17) is 5.73 Å². The lowest BCUT2D eigenvalue weighted by Gasteiger charge is -2.06. The van der Waals surface area contributed by atoms with Crippen LogP contribution >= 0.6 is 32.9 Å². The van der Waals surface area contributed by atoms with Gasteiger partial charge in [0.25, 0.3) is 0 Å². The van der Waals surface area contributed by atoms with Gasteiger partial charge in [-0.25, -0.2) is 0 Å². The molecule has 2 N–H and O–H groups in total. The van der Waals surface area contributed by atoms with Crippen molar-refractivity contribution in [2.75, 3.05) is 5.73 Å². The second-order valence-corrected chi connectivity index (χ2v) is 3.84. The molecule has 0 spiro atoms. The fourth-order valence-electron chi connectivity index (χ4n) is 1.36. The first-order valence-corrected chi connectivity index (χ1v) is 4.79. The molecule has 0 bridgehead atoms. The summed E-state index contributed by atoms with van der Waals surface area (Å²) in [6.07, 6.45) is 1.77. The van der Waals surface area contributed by atoms with E-state index >= 15 is 0 Å². The maximum absolute atomic E-state index is 5.93. The second-order valence-electron chi connectivity index (χ2n) is 2.99. The van der Waals surface area contributed by atoms with Crippen LogP contribution in [0.4, 0.5) is 5.69 Å². The van der Waals surface area contributed by atoms with Crippen LogP contribution in [0.5, 0.6) is 0 Å². The number of aryl methyl sites for hydroxylation is 1. The largest absolute Gasteiger partial charge is 0.398 e. The normalized spacial score (nSPS) is 9.86. The zero-order chi connectivity index (χ0) is 9.42. The molecule has 0 fully saturated rings. The van der Waals surface area contributed by atoms with Crippen molar-refractivity contribution >= 4 is 49.5 Å². The van der Waals surface area contributed by atoms with Crippen molar-refractivity contribution in [3.05, 3.63) is 34.4 Å². The van der Waals surface area contributed by atoms with E-state index in [1.54, 1.807) is 6.20 Å². The lowest BCUT2D eigenvalue weighted by Crippen LogP contribution is -1.92. The lowest BCUT2D eigenvalue weighted by molar-refractivity contribution is 1.38. The molecule has 2 aromatic rings. The first-order valence-electron chi connectivity index (χ1n) is 3.99. The topological polar surface area (TPSA) is 38.9 Å². The molecule has 0 unspecified atom stereocenters. The number of hydrogen-bond acceptors (Lipinski definition) is 2. The standard InChI is InChI=1S/C10H9BrN2.BrH/c1-6-5-8(11)10-7(9(6)12)3-2-4-13-10;/h2-5H,12H2,1H3;1H. The smallest absolute Gasteiger partial charge is 0.0864 e. The lowest BCUT2D eigenvalue weighted by atomic mass is 10.1. The SMILES string of the molecule is Br.Cc1cc(Br)c2ncccc2c1N. The number of nitrogen functional groups attached to an aromatic ring is 1. The molecule has 0 aliphatic rings. The first-order chi connectivity index (χ1) is 6.20. The Bertz CT molecular complexity index is 469. The highest BCUT2D eigenvalue weighted by Crippen LogP contribution is 2.29. The number of pyridine rings is 1. The van der Waals surface area contributed by atoms with Crippen molar-refractivity contribution in [1.29, 1.82) is 0 Å². The Hall–Kier alpha value is -0.610. The Morgan fingerprint density at radius 3 is 2.86 bits per heavy atom. The van der Waals surface area contributed by atoms with Gasteiger partial charge in [-0.05, 0) is 46.6 Å². The van der Waals surface area contributed by atoms with Crippen molar-refractivity contribution in [2.45, 2.75) is 6.92 Å². The van der Waals surface area contributed by atoms with Crippen LogP contribution in [0.25, 0.3) is 10.9 Å². The number of benzene rings is 1. The number of nitrogens with two attached hydrogens (primary N) is 1. The van der Waals surface area contributed by atoms with Gasteiger partial charge in [0.1, 0.15) is 0 Å². The van der Waals surface area contributed by atoms with Gasteiger partial charge in [0.05, 0.1) is 5.52 Å². The molecule has 1 aromatic heterocycles. The molecule has 74 valence electrons. The van der Waals surface area contributed by atoms with Crippen molar-refractivity contribution in [2.24, 2.45) is 0 Å². The molecule has 2 rings (SSSR count). The Morgan fingerprint density at radius 2 is 2.14 bits per heavy atom. The van der Waals surface area contributed by atoms with Gasteiger partial charge in [-0.1, -0.05) is 0 Å². The fourth-order valence-corrected chi connectivity index (χ4v) is 2.02. The number of hydrogen-bond donors (Lipinski definition) is 1. The quantitative estimate of drug-likeness (QED) is 0.756. The van der Waals surface area contributed by atoms with Gasteiger partial charge >= 0.3 is 0 Å². The summed E-state index contributed by atoms with van der Waals surface area (Å²) in [7, 11) is 0. The minimum atomic E-state index is 0. The van der Waals surface area contributed by atoms with Gasteiger partial charge in [0, 0.05) is 21.7 Å². The van der Waals surface area contributed by atoms with Gasteiger partial charge < -0.3 is 5.73 Å². The predicted octanol–water partition coefficient (Wildman–Crippen LogP) is 3.47. The van der Waals surface area contributed by atoms with Gasteiger partial charge in [-0.15, -0.1) is 17.0 Å². The number of halogens is 2. The van der Waals surface area contributed by atoms with Crippen LogP contribution in [0.15, 0.2) is 28.9 Å². The molecule has 0 amide bonds. The van der Waals surface area contributed by atoms with Crippen LogP contribution in [0.3, 0.4) is 0 Å². The molecule has 1 aromatic carbocycles. The van der Waals surface area contributed by atoms with Crippen molar-refractivity contribution in [3.63, 3.8) is 0 Å². The molecule has 4 heteroatoms. The van der Waals surface area contributed by atoms with E-state index in [1.807, 2.05) is 25.1 Å². The number of nitrogens with zero attached hydrogens (tertiary/aromatic N) is 1. The highest BCUT2D eigenvalue weighted by atomic mass is 79.9. The molecule has 1 heterocycles. The summed E-state index contributed by atoms with van der Waals surface area (Å²) in [5.74, 6) is 0. The summed E-state index contributed by atoms with van der Waals surface area (Å²) >= 11 is 3.46. The molecule has 0 aliphatic carbocycles. The van der Waals surface area contributed by atoms with Crippen LogP contribution < -0.4 is 5.73 Å². The third kappa shape index (κ3) is 1.77. The average molecular weight is 318 g/mol. The molecule has 0 saturated heterocycles. The summed E-state index contributed by atoms with van der Waals surface area (Å²) in [5.41, 5.74) is 8.74. The molecule has 0 radical (unpaired) electrons. The summed E-state index contributed by atoms with van der Waals surface area (Å²) in [6.45, 7) is 1.99. The van der Waals surface area contributed by atoms with Crippen molar-refractivity contribution < 1.29 is 0 Å². The van der Waals surface area contributed by atoms with E-state index in [0.29, 0.717) is 0 Å². The molecular formula is C10H10Br2N2. The van der Waals surface area contributed by atoms with Crippen LogP contribution in [0.1, 0.15) is 5.56 Å². The van der Waals surface area contributed by atoms with Crippen molar-refractivity contribution in [3.8, 4) is 0 Å². The third-order valence-corrected chi connectivity index (χ3v) is 2.70. The van der Waals surface area contributed by atoms with Gasteiger partial charge in [-0.2, -0.15) is 0 Å². The minimum Gasteiger partial charge on any atom is -0.398 e. The Kier molecular flexibility index (Phi) is 3.50. The summed E-state index contributed by atoms with van der Waals surface area (Å²) in [5, 5.41) is 1.01. The molecular weight excluding hydrogens is 308 g/mol. The first kappa shape index (κ1) is 11.5. The van der Waals surface area contributed by atoms with Crippen LogP contribution in [0, 0.1) is 6.92 Å². The Morgan fingerprint density at radius 1 is 1.43 bits per heavy atom. The monoisotopic (exact) mass is 316 g/mol. The number of fused-ring (bicyclic) bond motifs is 1. The molecule has 0 saturated carbocycles. The number of anilines is 1. The van der Waals surface area contributed by atoms with E-state index in [9.17, 15) is 0 Å². The molecule has 0 atom stereocenters. The zero-order valence-electron chi connectivity index (χ0n) is 7.62. The maximum atomic E-state index is 5.93. The third-order valence-electron chi connectivity index (χ3n) is 2.09. The highest BCUT2D eigenvalue weighted by molar-refractivity contribution is 9.10. The summed E-state index contributed by atoms with van der Waals surface area (Å²) in [4.78, 5) is 4.26. The Balaban J connectivity index is 0.000000980. The highest BCUT2D eigenvalue weighted by Gasteiger charge is 2.05. The van der Waals surface area contributed by atoms with Crippen LogP contribution in [-0.4, -0.2) is 4.98 Å². The molecule has 0 aliphatic heterocycles. The minimum absolute atomic E-state index is 0. The second kappa shape index (κ2) is 4.28. The van der Waals surface area contributed by atoms with E-state index in [2.05, 4.69) is 20.9 Å². The predicted molar refractivity (Wildman–Crippen MR) is 68.9 cm³/mol. The van der Waals surface area contributed by atoms with Crippen LogP contribution in [-0.2, 0) is 0 Å². The average Bonchev–Trinajstić information content (AvgIpc) is 2.15. The maximum Gasteiger partial charge on any atom is 0.0864 e. The van der Waals surface area contributed by atoms with Gasteiger partial charge in [0.2, 0.25) is 0 Å².